The third kappa shape index (κ3) is 3.97. The Balaban J connectivity index is 1.36. The number of aromatic nitrogens is 1. The first-order valence-corrected chi connectivity index (χ1v) is 10.9. The quantitative estimate of drug-likeness (QED) is 0.803. The van der Waals surface area contributed by atoms with E-state index < -0.39 is 0 Å². The SMILES string of the molecule is O=C(NCc1cccnc1)[C@H]1C[C@H]2CN(CC3CC3)CC(=O)N2[C@H]1c1ccccc1. The molecule has 1 saturated carbocycles. The lowest BCUT2D eigenvalue weighted by molar-refractivity contribution is -0.141. The molecule has 2 aromatic rings. The summed E-state index contributed by atoms with van der Waals surface area (Å²) in [5, 5.41) is 3.09. The van der Waals surface area contributed by atoms with Gasteiger partial charge >= 0.3 is 0 Å². The molecule has 1 aromatic heterocycles. The molecule has 6 nitrogen and oxygen atoms in total. The number of nitrogens with zero attached hydrogens (tertiary/aromatic N) is 3. The lowest BCUT2D eigenvalue weighted by atomic mass is 9.92. The molecule has 3 aliphatic rings. The Hall–Kier alpha value is -2.73. The average molecular weight is 405 g/mol. The number of pyridine rings is 1. The van der Waals surface area contributed by atoms with Crippen molar-refractivity contribution < 1.29 is 9.59 Å². The molecule has 0 bridgehead atoms. The number of benzene rings is 1. The summed E-state index contributed by atoms with van der Waals surface area (Å²) in [5.41, 5.74) is 2.02. The van der Waals surface area contributed by atoms with E-state index in [1.54, 1.807) is 12.4 Å². The number of hydrogen-bond donors (Lipinski definition) is 1. The zero-order chi connectivity index (χ0) is 20.5. The third-order valence-corrected chi connectivity index (χ3v) is 6.60. The molecule has 3 fully saturated rings. The molecule has 2 aliphatic heterocycles. The van der Waals surface area contributed by atoms with E-state index in [1.807, 2.05) is 47.4 Å². The molecule has 6 heteroatoms. The second-order valence-corrected chi connectivity index (χ2v) is 8.87. The Morgan fingerprint density at radius 2 is 1.97 bits per heavy atom. The van der Waals surface area contributed by atoms with Crippen molar-refractivity contribution in [2.45, 2.75) is 37.9 Å². The molecule has 2 amide bonds. The number of hydrogen-bond acceptors (Lipinski definition) is 4. The van der Waals surface area contributed by atoms with E-state index >= 15 is 0 Å². The van der Waals surface area contributed by atoms with Crippen LogP contribution in [0.3, 0.4) is 0 Å². The maximum Gasteiger partial charge on any atom is 0.237 e. The summed E-state index contributed by atoms with van der Waals surface area (Å²) in [4.78, 5) is 34.8. The fraction of sp³-hybridized carbons (Fsp3) is 0.458. The molecule has 5 rings (SSSR count). The monoisotopic (exact) mass is 404 g/mol. The van der Waals surface area contributed by atoms with Gasteiger partial charge in [0.25, 0.3) is 0 Å². The van der Waals surface area contributed by atoms with Crippen LogP contribution in [0.25, 0.3) is 0 Å². The summed E-state index contributed by atoms with van der Waals surface area (Å²) < 4.78 is 0. The Morgan fingerprint density at radius 1 is 1.13 bits per heavy atom. The molecule has 3 atom stereocenters. The first-order valence-electron chi connectivity index (χ1n) is 10.9. The molecule has 30 heavy (non-hydrogen) atoms. The molecular weight excluding hydrogens is 376 g/mol. The predicted molar refractivity (Wildman–Crippen MR) is 113 cm³/mol. The Kier molecular flexibility index (Phi) is 5.25. The minimum absolute atomic E-state index is 0.0173. The van der Waals surface area contributed by atoms with E-state index in [2.05, 4.69) is 15.2 Å². The third-order valence-electron chi connectivity index (χ3n) is 6.60. The Bertz CT molecular complexity index is 900. The van der Waals surface area contributed by atoms with Gasteiger partial charge in [-0.15, -0.1) is 0 Å². The van der Waals surface area contributed by atoms with Crippen LogP contribution < -0.4 is 5.32 Å². The van der Waals surface area contributed by atoms with Crippen LogP contribution in [0.5, 0.6) is 0 Å². The van der Waals surface area contributed by atoms with Crippen molar-refractivity contribution in [1.29, 1.82) is 0 Å². The maximum atomic E-state index is 13.2. The van der Waals surface area contributed by atoms with Gasteiger partial charge in [-0.25, -0.2) is 0 Å². The predicted octanol–water partition coefficient (Wildman–Crippen LogP) is 2.38. The van der Waals surface area contributed by atoms with Crippen LogP contribution in [-0.2, 0) is 16.1 Å². The number of piperazine rings is 1. The summed E-state index contributed by atoms with van der Waals surface area (Å²) >= 11 is 0. The van der Waals surface area contributed by atoms with Gasteiger partial charge in [-0.2, -0.15) is 0 Å². The van der Waals surface area contributed by atoms with Crippen LogP contribution in [0, 0.1) is 11.8 Å². The van der Waals surface area contributed by atoms with Crippen LogP contribution >= 0.6 is 0 Å². The van der Waals surface area contributed by atoms with Crippen LogP contribution in [0.4, 0.5) is 0 Å². The van der Waals surface area contributed by atoms with Gasteiger partial charge in [-0.3, -0.25) is 19.5 Å². The normalized spacial score (nSPS) is 26.5. The molecular formula is C24H28N4O2. The van der Waals surface area contributed by atoms with E-state index in [0.717, 1.165) is 30.1 Å². The smallest absolute Gasteiger partial charge is 0.237 e. The van der Waals surface area contributed by atoms with Gasteiger partial charge in [0.15, 0.2) is 0 Å². The molecule has 0 radical (unpaired) electrons. The molecule has 1 aliphatic carbocycles. The van der Waals surface area contributed by atoms with E-state index in [4.69, 9.17) is 0 Å². The highest BCUT2D eigenvalue weighted by atomic mass is 16.2. The summed E-state index contributed by atoms with van der Waals surface area (Å²) in [6.07, 6.45) is 6.78. The summed E-state index contributed by atoms with van der Waals surface area (Å²) in [6.45, 7) is 2.82. The number of carbonyl (C=O) groups excluding carboxylic acids is 2. The van der Waals surface area contributed by atoms with Gasteiger partial charge in [0.1, 0.15) is 0 Å². The van der Waals surface area contributed by atoms with Crippen LogP contribution in [-0.4, -0.2) is 52.3 Å². The van der Waals surface area contributed by atoms with E-state index in [9.17, 15) is 9.59 Å². The van der Waals surface area contributed by atoms with E-state index in [1.165, 1.54) is 12.8 Å². The Morgan fingerprint density at radius 3 is 2.70 bits per heavy atom. The number of fused-ring (bicyclic) bond motifs is 1. The van der Waals surface area contributed by atoms with Crippen LogP contribution in [0.15, 0.2) is 54.9 Å². The largest absolute Gasteiger partial charge is 0.352 e. The zero-order valence-corrected chi connectivity index (χ0v) is 17.1. The minimum Gasteiger partial charge on any atom is -0.352 e. The second kappa shape index (κ2) is 8.19. The maximum absolute atomic E-state index is 13.2. The van der Waals surface area contributed by atoms with Crippen molar-refractivity contribution >= 4 is 11.8 Å². The number of rotatable bonds is 6. The first kappa shape index (κ1) is 19.2. The topological polar surface area (TPSA) is 65.5 Å². The number of nitrogens with one attached hydrogen (secondary N) is 1. The standard InChI is InChI=1S/C24H28N4O2/c29-22-16-27(14-17-8-9-17)15-20-11-21(23(28(20)22)19-6-2-1-3-7-19)24(30)26-13-18-5-4-10-25-12-18/h1-7,10,12,17,20-21,23H,8-9,11,13-16H2,(H,26,30)/t20-,21-,23-/m0/s1. The van der Waals surface area contributed by atoms with Crippen molar-refractivity contribution in [3.63, 3.8) is 0 Å². The van der Waals surface area contributed by atoms with Gasteiger partial charge < -0.3 is 10.2 Å². The van der Waals surface area contributed by atoms with Crippen molar-refractivity contribution in [3.05, 3.63) is 66.0 Å². The van der Waals surface area contributed by atoms with Gasteiger partial charge in [-0.1, -0.05) is 36.4 Å². The van der Waals surface area contributed by atoms with Gasteiger partial charge in [-0.05, 0) is 42.4 Å². The Labute approximate surface area is 177 Å². The zero-order valence-electron chi connectivity index (χ0n) is 17.1. The lowest BCUT2D eigenvalue weighted by Crippen LogP contribution is -2.54. The van der Waals surface area contributed by atoms with E-state index in [0.29, 0.717) is 19.5 Å². The lowest BCUT2D eigenvalue weighted by Gasteiger charge is -2.40. The molecule has 156 valence electrons. The summed E-state index contributed by atoms with van der Waals surface area (Å²) in [7, 11) is 0. The highest BCUT2D eigenvalue weighted by Gasteiger charge is 2.50. The van der Waals surface area contributed by atoms with Gasteiger partial charge in [0, 0.05) is 38.1 Å². The molecule has 2 saturated heterocycles. The molecule has 1 N–H and O–H groups in total. The highest BCUT2D eigenvalue weighted by Crippen LogP contribution is 2.43. The fourth-order valence-corrected chi connectivity index (χ4v) is 5.03. The average Bonchev–Trinajstić information content (AvgIpc) is 3.49. The van der Waals surface area contributed by atoms with Gasteiger partial charge in [0.05, 0.1) is 18.5 Å². The second-order valence-electron chi connectivity index (χ2n) is 8.87. The summed E-state index contributed by atoms with van der Waals surface area (Å²) in [6, 6.07) is 13.8. The minimum atomic E-state index is -0.237. The van der Waals surface area contributed by atoms with Crippen LogP contribution in [0.2, 0.25) is 0 Å². The van der Waals surface area contributed by atoms with Crippen molar-refractivity contribution in [2.24, 2.45) is 11.8 Å². The van der Waals surface area contributed by atoms with Crippen molar-refractivity contribution in [1.82, 2.24) is 20.1 Å². The van der Waals surface area contributed by atoms with Crippen molar-refractivity contribution in [3.8, 4) is 0 Å². The molecule has 3 heterocycles. The summed E-state index contributed by atoms with van der Waals surface area (Å²) in [5.74, 6) is 0.695. The van der Waals surface area contributed by atoms with E-state index in [-0.39, 0.29) is 29.8 Å². The van der Waals surface area contributed by atoms with Crippen LogP contribution in [0.1, 0.15) is 36.4 Å². The van der Waals surface area contributed by atoms with Gasteiger partial charge in [0.2, 0.25) is 11.8 Å². The number of carbonyl (C=O) groups is 2. The molecule has 0 unspecified atom stereocenters. The number of amides is 2. The highest BCUT2D eigenvalue weighted by molar-refractivity contribution is 5.85. The fourth-order valence-electron chi connectivity index (χ4n) is 5.03. The van der Waals surface area contributed by atoms with Crippen molar-refractivity contribution in [2.75, 3.05) is 19.6 Å². The molecule has 0 spiro atoms. The molecule has 1 aromatic carbocycles. The first-order chi connectivity index (χ1) is 14.7.